The Morgan fingerprint density at radius 1 is 1.50 bits per heavy atom. The molecule has 0 saturated heterocycles. The van der Waals surface area contributed by atoms with Crippen molar-refractivity contribution in [3.05, 3.63) is 10.7 Å². The van der Waals surface area contributed by atoms with Crippen LogP contribution in [-0.2, 0) is 0 Å². The summed E-state index contributed by atoms with van der Waals surface area (Å²) in [5, 5.41) is 0. The lowest BCUT2D eigenvalue weighted by molar-refractivity contribution is 0.393. The Hall–Kier alpha value is -0.840. The summed E-state index contributed by atoms with van der Waals surface area (Å²) < 4.78 is 5.95. The molecular formula is C11H18BrN3O. The van der Waals surface area contributed by atoms with E-state index in [1.807, 2.05) is 0 Å². The molecule has 1 aromatic heterocycles. The quantitative estimate of drug-likeness (QED) is 0.835. The van der Waals surface area contributed by atoms with E-state index in [-0.39, 0.29) is 0 Å². The maximum atomic E-state index is 5.17. The summed E-state index contributed by atoms with van der Waals surface area (Å²) in [5.41, 5.74) is 0. The van der Waals surface area contributed by atoms with Gasteiger partial charge in [0.2, 0.25) is 11.8 Å². The van der Waals surface area contributed by atoms with Crippen molar-refractivity contribution in [2.75, 3.05) is 18.6 Å². The molecule has 1 aromatic rings. The summed E-state index contributed by atoms with van der Waals surface area (Å²) in [7, 11) is 1.61. The predicted molar refractivity (Wildman–Crippen MR) is 69.1 cm³/mol. The molecule has 5 heteroatoms. The number of ether oxygens (including phenoxy) is 1. The SMILES string of the molecule is CCC(C)N(CC)c1ncc(Br)c(OC)n1. The molecule has 0 saturated carbocycles. The molecule has 16 heavy (non-hydrogen) atoms. The van der Waals surface area contributed by atoms with Gasteiger partial charge in [-0.15, -0.1) is 0 Å². The molecule has 0 fully saturated rings. The largest absolute Gasteiger partial charge is 0.480 e. The van der Waals surface area contributed by atoms with Crippen LogP contribution in [0.3, 0.4) is 0 Å². The first-order chi connectivity index (χ1) is 7.63. The number of hydrogen-bond donors (Lipinski definition) is 0. The molecule has 0 spiro atoms. The minimum Gasteiger partial charge on any atom is -0.480 e. The van der Waals surface area contributed by atoms with Gasteiger partial charge >= 0.3 is 0 Å². The predicted octanol–water partition coefficient (Wildman–Crippen LogP) is 2.87. The molecule has 1 atom stereocenters. The van der Waals surface area contributed by atoms with E-state index in [0.29, 0.717) is 11.9 Å². The van der Waals surface area contributed by atoms with Gasteiger partial charge in [-0.3, -0.25) is 0 Å². The molecular weight excluding hydrogens is 270 g/mol. The van der Waals surface area contributed by atoms with Gasteiger partial charge in [-0.2, -0.15) is 4.98 Å². The standard InChI is InChI=1S/C11H18BrN3O/c1-5-8(3)15(6-2)11-13-7-9(12)10(14-11)16-4/h7-8H,5-6H2,1-4H3. The van der Waals surface area contributed by atoms with Crippen LogP contribution in [-0.4, -0.2) is 29.7 Å². The maximum Gasteiger partial charge on any atom is 0.232 e. The van der Waals surface area contributed by atoms with Crippen molar-refractivity contribution in [1.82, 2.24) is 9.97 Å². The van der Waals surface area contributed by atoms with Gasteiger partial charge < -0.3 is 9.64 Å². The van der Waals surface area contributed by atoms with Crippen LogP contribution in [0.5, 0.6) is 5.88 Å². The van der Waals surface area contributed by atoms with Gasteiger partial charge in [-0.25, -0.2) is 4.98 Å². The normalized spacial score (nSPS) is 12.3. The van der Waals surface area contributed by atoms with Crippen LogP contribution in [0.1, 0.15) is 27.2 Å². The van der Waals surface area contributed by atoms with Crippen molar-refractivity contribution >= 4 is 21.9 Å². The molecule has 4 nitrogen and oxygen atoms in total. The molecule has 0 aliphatic carbocycles. The van der Waals surface area contributed by atoms with Gasteiger partial charge in [0.05, 0.1) is 17.8 Å². The van der Waals surface area contributed by atoms with Crippen molar-refractivity contribution in [2.45, 2.75) is 33.2 Å². The Morgan fingerprint density at radius 2 is 2.19 bits per heavy atom. The van der Waals surface area contributed by atoms with Crippen LogP contribution in [0.4, 0.5) is 5.95 Å². The van der Waals surface area contributed by atoms with Gasteiger partial charge in [0.1, 0.15) is 0 Å². The average Bonchev–Trinajstić information content (AvgIpc) is 2.31. The van der Waals surface area contributed by atoms with Crippen LogP contribution in [0, 0.1) is 0 Å². The van der Waals surface area contributed by atoms with Crippen molar-refractivity contribution in [1.29, 1.82) is 0 Å². The molecule has 0 aromatic carbocycles. The second-order valence-electron chi connectivity index (χ2n) is 3.57. The molecule has 1 unspecified atom stereocenters. The van der Waals surface area contributed by atoms with E-state index < -0.39 is 0 Å². The third kappa shape index (κ3) is 2.84. The fourth-order valence-corrected chi connectivity index (χ4v) is 1.85. The van der Waals surface area contributed by atoms with E-state index in [2.05, 4.69) is 51.6 Å². The highest BCUT2D eigenvalue weighted by Crippen LogP contribution is 2.24. The smallest absolute Gasteiger partial charge is 0.232 e. The van der Waals surface area contributed by atoms with E-state index in [0.717, 1.165) is 23.4 Å². The molecule has 0 bridgehead atoms. The first-order valence-corrected chi connectivity index (χ1v) is 6.26. The lowest BCUT2D eigenvalue weighted by Crippen LogP contribution is -2.33. The van der Waals surface area contributed by atoms with Gasteiger partial charge in [0, 0.05) is 12.6 Å². The monoisotopic (exact) mass is 287 g/mol. The van der Waals surface area contributed by atoms with E-state index >= 15 is 0 Å². The zero-order chi connectivity index (χ0) is 12.1. The third-order valence-electron chi connectivity index (χ3n) is 2.61. The Morgan fingerprint density at radius 3 is 2.69 bits per heavy atom. The summed E-state index contributed by atoms with van der Waals surface area (Å²) in [6.45, 7) is 7.31. The van der Waals surface area contributed by atoms with Crippen LogP contribution in [0.25, 0.3) is 0 Å². The van der Waals surface area contributed by atoms with E-state index in [4.69, 9.17) is 4.74 Å². The fourth-order valence-electron chi connectivity index (χ4n) is 1.49. The Balaban J connectivity index is 3.01. The van der Waals surface area contributed by atoms with Crippen molar-refractivity contribution in [2.24, 2.45) is 0 Å². The minimum atomic E-state index is 0.427. The Bertz CT molecular complexity index is 346. The number of nitrogens with zero attached hydrogens (tertiary/aromatic N) is 3. The second-order valence-corrected chi connectivity index (χ2v) is 4.42. The van der Waals surface area contributed by atoms with Crippen LogP contribution in [0.2, 0.25) is 0 Å². The van der Waals surface area contributed by atoms with Gasteiger partial charge in [0.25, 0.3) is 0 Å². The number of methoxy groups -OCH3 is 1. The van der Waals surface area contributed by atoms with Crippen LogP contribution in [0.15, 0.2) is 10.7 Å². The van der Waals surface area contributed by atoms with Crippen LogP contribution >= 0.6 is 15.9 Å². The maximum absolute atomic E-state index is 5.17. The number of rotatable bonds is 5. The number of anilines is 1. The molecule has 0 aliphatic heterocycles. The molecule has 0 aliphatic rings. The second kappa shape index (κ2) is 6.03. The number of halogens is 1. The summed E-state index contributed by atoms with van der Waals surface area (Å²) in [6.07, 6.45) is 2.79. The first kappa shape index (κ1) is 13.2. The summed E-state index contributed by atoms with van der Waals surface area (Å²) in [4.78, 5) is 10.9. The van der Waals surface area contributed by atoms with Crippen molar-refractivity contribution in [3.8, 4) is 5.88 Å². The lowest BCUT2D eigenvalue weighted by Gasteiger charge is -2.27. The Kier molecular flexibility index (Phi) is 4.99. The van der Waals surface area contributed by atoms with Crippen LogP contribution < -0.4 is 9.64 Å². The zero-order valence-corrected chi connectivity index (χ0v) is 11.8. The summed E-state index contributed by atoms with van der Waals surface area (Å²) in [6, 6.07) is 0.427. The van der Waals surface area contributed by atoms with Crippen molar-refractivity contribution in [3.63, 3.8) is 0 Å². The highest BCUT2D eigenvalue weighted by molar-refractivity contribution is 9.10. The van der Waals surface area contributed by atoms with E-state index in [9.17, 15) is 0 Å². The molecule has 1 heterocycles. The van der Waals surface area contributed by atoms with Crippen molar-refractivity contribution < 1.29 is 4.74 Å². The van der Waals surface area contributed by atoms with Gasteiger partial charge in [-0.1, -0.05) is 6.92 Å². The molecule has 0 N–H and O–H groups in total. The highest BCUT2D eigenvalue weighted by Gasteiger charge is 2.15. The first-order valence-electron chi connectivity index (χ1n) is 5.47. The summed E-state index contributed by atoms with van der Waals surface area (Å²) >= 11 is 3.35. The van der Waals surface area contributed by atoms with Gasteiger partial charge in [-0.05, 0) is 36.2 Å². The molecule has 1 rings (SSSR count). The van der Waals surface area contributed by atoms with E-state index in [1.165, 1.54) is 0 Å². The molecule has 90 valence electrons. The minimum absolute atomic E-state index is 0.427. The topological polar surface area (TPSA) is 38.2 Å². The molecule has 0 amide bonds. The highest BCUT2D eigenvalue weighted by atomic mass is 79.9. The fraction of sp³-hybridized carbons (Fsp3) is 0.636. The zero-order valence-electron chi connectivity index (χ0n) is 10.2. The Labute approximate surface area is 105 Å². The lowest BCUT2D eigenvalue weighted by atomic mass is 10.2. The average molecular weight is 288 g/mol. The van der Waals surface area contributed by atoms with Gasteiger partial charge in [0.15, 0.2) is 0 Å². The summed E-state index contributed by atoms with van der Waals surface area (Å²) in [5.74, 6) is 1.30. The number of aromatic nitrogens is 2. The number of hydrogen-bond acceptors (Lipinski definition) is 4. The van der Waals surface area contributed by atoms with E-state index in [1.54, 1.807) is 13.3 Å². The molecule has 0 radical (unpaired) electrons. The third-order valence-corrected chi connectivity index (χ3v) is 3.16.